The smallest absolute Gasteiger partial charge is 0.174 e. The maximum absolute atomic E-state index is 5.52. The third-order valence-corrected chi connectivity index (χ3v) is 4.29. The highest BCUT2D eigenvalue weighted by molar-refractivity contribution is 7.99. The highest BCUT2D eigenvalue weighted by Crippen LogP contribution is 2.44. The second-order valence-electron chi connectivity index (χ2n) is 4.57. The van der Waals surface area contributed by atoms with Gasteiger partial charge in [0.2, 0.25) is 0 Å². The molecule has 0 unspecified atom stereocenters. The lowest BCUT2D eigenvalue weighted by Crippen LogP contribution is -1.95. The van der Waals surface area contributed by atoms with E-state index >= 15 is 0 Å². The molecule has 0 N–H and O–H groups in total. The Bertz CT molecular complexity index is 655. The molecule has 2 aromatic carbocycles. The van der Waals surface area contributed by atoms with Crippen LogP contribution in [0.25, 0.3) is 0 Å². The fraction of sp³-hybridized carbons (Fsp3) is 0.294. The topological polar surface area (TPSA) is 36.9 Å². The molecule has 0 aliphatic carbocycles. The van der Waals surface area contributed by atoms with Crippen LogP contribution in [0.1, 0.15) is 5.56 Å². The summed E-state index contributed by atoms with van der Waals surface area (Å²) in [6.07, 6.45) is 0. The van der Waals surface area contributed by atoms with Crippen molar-refractivity contribution in [3.63, 3.8) is 0 Å². The molecule has 0 saturated heterocycles. The number of rotatable bonds is 6. The first-order valence-electron chi connectivity index (χ1n) is 6.76. The van der Waals surface area contributed by atoms with Crippen molar-refractivity contribution in [3.8, 4) is 23.0 Å². The molecule has 0 aromatic heterocycles. The van der Waals surface area contributed by atoms with Gasteiger partial charge in [-0.15, -0.1) is 0 Å². The van der Waals surface area contributed by atoms with Crippen LogP contribution in [0.4, 0.5) is 0 Å². The summed E-state index contributed by atoms with van der Waals surface area (Å²) in [5.74, 6) is 2.90. The van der Waals surface area contributed by atoms with E-state index in [9.17, 15) is 0 Å². The van der Waals surface area contributed by atoms with Gasteiger partial charge in [-0.05, 0) is 36.8 Å². The molecule has 2 rings (SSSR count). The van der Waals surface area contributed by atoms with Crippen molar-refractivity contribution in [1.29, 1.82) is 0 Å². The van der Waals surface area contributed by atoms with Gasteiger partial charge in [0.05, 0.1) is 33.3 Å². The van der Waals surface area contributed by atoms with Gasteiger partial charge in [0, 0.05) is 4.90 Å². The minimum atomic E-state index is 0.700. The first-order valence-corrected chi connectivity index (χ1v) is 7.57. The van der Waals surface area contributed by atoms with Gasteiger partial charge >= 0.3 is 0 Å². The molecule has 0 bridgehead atoms. The fourth-order valence-electron chi connectivity index (χ4n) is 2.18. The Morgan fingerprint density at radius 2 is 1.41 bits per heavy atom. The average molecular weight is 320 g/mol. The number of methoxy groups -OCH3 is 4. The molecule has 0 spiro atoms. The quantitative estimate of drug-likeness (QED) is 0.798. The van der Waals surface area contributed by atoms with Gasteiger partial charge in [-0.2, -0.15) is 0 Å². The predicted molar refractivity (Wildman–Crippen MR) is 88.0 cm³/mol. The van der Waals surface area contributed by atoms with E-state index in [0.717, 1.165) is 26.9 Å². The number of benzene rings is 2. The highest BCUT2D eigenvalue weighted by Gasteiger charge is 2.14. The van der Waals surface area contributed by atoms with Crippen molar-refractivity contribution in [2.75, 3.05) is 28.4 Å². The van der Waals surface area contributed by atoms with Crippen molar-refractivity contribution >= 4 is 11.8 Å². The highest BCUT2D eigenvalue weighted by atomic mass is 32.2. The summed E-state index contributed by atoms with van der Waals surface area (Å²) in [5, 5.41) is 0. The average Bonchev–Trinajstić information content (AvgIpc) is 2.55. The minimum absolute atomic E-state index is 0.700. The molecule has 0 heterocycles. The SMILES string of the molecule is COc1ccc(Sc2ccc(C)c(OC)c2OC)cc1OC. The second-order valence-corrected chi connectivity index (χ2v) is 5.68. The van der Waals surface area contributed by atoms with Crippen molar-refractivity contribution in [2.24, 2.45) is 0 Å². The van der Waals surface area contributed by atoms with Gasteiger partial charge in [0.25, 0.3) is 0 Å². The van der Waals surface area contributed by atoms with E-state index in [1.54, 1.807) is 40.2 Å². The van der Waals surface area contributed by atoms with E-state index in [1.165, 1.54) is 0 Å². The molecule has 0 aliphatic heterocycles. The zero-order valence-corrected chi connectivity index (χ0v) is 14.2. The predicted octanol–water partition coefficient (Wildman–Crippen LogP) is 4.18. The molecule has 4 nitrogen and oxygen atoms in total. The molecular weight excluding hydrogens is 300 g/mol. The van der Waals surface area contributed by atoms with E-state index in [4.69, 9.17) is 18.9 Å². The number of aryl methyl sites for hydroxylation is 1. The maximum Gasteiger partial charge on any atom is 0.174 e. The van der Waals surface area contributed by atoms with Crippen LogP contribution in [0.15, 0.2) is 40.1 Å². The Hall–Kier alpha value is -2.01. The largest absolute Gasteiger partial charge is 0.493 e. The van der Waals surface area contributed by atoms with Crippen LogP contribution < -0.4 is 18.9 Å². The van der Waals surface area contributed by atoms with Crippen LogP contribution in [-0.4, -0.2) is 28.4 Å². The summed E-state index contributed by atoms with van der Waals surface area (Å²) < 4.78 is 21.6. The molecule has 2 aromatic rings. The van der Waals surface area contributed by atoms with E-state index in [0.29, 0.717) is 11.5 Å². The third-order valence-electron chi connectivity index (χ3n) is 3.26. The van der Waals surface area contributed by atoms with Crippen molar-refractivity contribution in [2.45, 2.75) is 16.7 Å². The zero-order valence-electron chi connectivity index (χ0n) is 13.4. The molecular formula is C17H20O4S. The van der Waals surface area contributed by atoms with Crippen LogP contribution in [-0.2, 0) is 0 Å². The lowest BCUT2D eigenvalue weighted by Gasteiger charge is -2.15. The number of ether oxygens (including phenoxy) is 4. The Labute approximate surface area is 135 Å². The van der Waals surface area contributed by atoms with Crippen molar-refractivity contribution in [1.82, 2.24) is 0 Å². The molecule has 118 valence electrons. The zero-order chi connectivity index (χ0) is 16.1. The Morgan fingerprint density at radius 1 is 0.727 bits per heavy atom. The Kier molecular flexibility index (Phi) is 5.44. The summed E-state index contributed by atoms with van der Waals surface area (Å²) >= 11 is 1.59. The fourth-order valence-corrected chi connectivity index (χ4v) is 3.14. The summed E-state index contributed by atoms with van der Waals surface area (Å²) in [5.41, 5.74) is 1.04. The lowest BCUT2D eigenvalue weighted by molar-refractivity contribution is 0.346. The van der Waals surface area contributed by atoms with Gasteiger partial charge in [0.1, 0.15) is 0 Å². The molecule has 22 heavy (non-hydrogen) atoms. The van der Waals surface area contributed by atoms with Crippen LogP contribution in [0.3, 0.4) is 0 Å². The van der Waals surface area contributed by atoms with Crippen molar-refractivity contribution < 1.29 is 18.9 Å². The monoisotopic (exact) mass is 320 g/mol. The van der Waals surface area contributed by atoms with Gasteiger partial charge < -0.3 is 18.9 Å². The van der Waals surface area contributed by atoms with E-state index in [1.807, 2.05) is 37.3 Å². The van der Waals surface area contributed by atoms with E-state index in [-0.39, 0.29) is 0 Å². The van der Waals surface area contributed by atoms with Crippen LogP contribution in [0.2, 0.25) is 0 Å². The first kappa shape index (κ1) is 16.4. The molecule has 0 fully saturated rings. The summed E-state index contributed by atoms with van der Waals surface area (Å²) in [7, 11) is 6.55. The summed E-state index contributed by atoms with van der Waals surface area (Å²) in [6.45, 7) is 1.99. The summed E-state index contributed by atoms with van der Waals surface area (Å²) in [4.78, 5) is 2.01. The van der Waals surface area contributed by atoms with Crippen LogP contribution in [0.5, 0.6) is 23.0 Å². The molecule has 0 amide bonds. The van der Waals surface area contributed by atoms with E-state index < -0.39 is 0 Å². The minimum Gasteiger partial charge on any atom is -0.493 e. The van der Waals surface area contributed by atoms with Crippen LogP contribution >= 0.6 is 11.8 Å². The number of hydrogen-bond acceptors (Lipinski definition) is 5. The van der Waals surface area contributed by atoms with Crippen molar-refractivity contribution in [3.05, 3.63) is 35.9 Å². The molecule has 0 saturated carbocycles. The Morgan fingerprint density at radius 3 is 2.00 bits per heavy atom. The van der Waals surface area contributed by atoms with E-state index in [2.05, 4.69) is 0 Å². The first-order chi connectivity index (χ1) is 10.6. The lowest BCUT2D eigenvalue weighted by atomic mass is 10.2. The van der Waals surface area contributed by atoms with Crippen LogP contribution in [0, 0.1) is 6.92 Å². The molecule has 0 radical (unpaired) electrons. The van der Waals surface area contributed by atoms with Gasteiger partial charge in [-0.25, -0.2) is 0 Å². The second kappa shape index (κ2) is 7.31. The number of hydrogen-bond donors (Lipinski definition) is 0. The molecule has 0 atom stereocenters. The maximum atomic E-state index is 5.52. The van der Waals surface area contributed by atoms with Gasteiger partial charge in [-0.1, -0.05) is 17.8 Å². The normalized spacial score (nSPS) is 10.2. The summed E-state index contributed by atoms with van der Waals surface area (Å²) in [6, 6.07) is 9.86. The third kappa shape index (κ3) is 3.25. The Balaban J connectivity index is 2.39. The molecule has 0 aliphatic rings. The van der Waals surface area contributed by atoms with Gasteiger partial charge in [-0.3, -0.25) is 0 Å². The standard InChI is InChI=1S/C17H20O4S/c1-11-6-9-15(17(21-5)16(11)20-4)22-12-7-8-13(18-2)14(10-12)19-3/h6-10H,1-5H3. The molecule has 5 heteroatoms. The van der Waals surface area contributed by atoms with Gasteiger partial charge in [0.15, 0.2) is 23.0 Å².